The van der Waals surface area contributed by atoms with Crippen molar-refractivity contribution in [2.45, 2.75) is 17.2 Å². The Bertz CT molecular complexity index is 715. The standard InChI is InChI=1S/C14H13Cl2NO2S/c1-10(15)13-7-2-3-8-14(13)17-20(18,19)12-6-4-5-11(16)9-12/h2-10,17H,1H3. The summed E-state index contributed by atoms with van der Waals surface area (Å²) in [5, 5.41) is 0.0696. The second-order valence-corrected chi connectivity index (χ2v) is 7.04. The first-order valence-corrected chi connectivity index (χ1v) is 8.21. The number of anilines is 1. The van der Waals surface area contributed by atoms with Crippen molar-refractivity contribution >= 4 is 38.9 Å². The summed E-state index contributed by atoms with van der Waals surface area (Å²) < 4.78 is 27.2. The molecule has 20 heavy (non-hydrogen) atoms. The molecule has 2 rings (SSSR count). The molecule has 106 valence electrons. The normalized spacial score (nSPS) is 12.9. The maximum Gasteiger partial charge on any atom is 0.261 e. The van der Waals surface area contributed by atoms with E-state index in [4.69, 9.17) is 23.2 Å². The molecular formula is C14H13Cl2NO2S. The van der Waals surface area contributed by atoms with Crippen LogP contribution in [0, 0.1) is 0 Å². The minimum absolute atomic E-state index is 0.113. The quantitative estimate of drug-likeness (QED) is 0.843. The molecule has 1 atom stereocenters. The van der Waals surface area contributed by atoms with Crippen LogP contribution in [0.3, 0.4) is 0 Å². The van der Waals surface area contributed by atoms with E-state index in [1.807, 2.05) is 6.07 Å². The minimum Gasteiger partial charge on any atom is -0.279 e. The van der Waals surface area contributed by atoms with Crippen LogP contribution in [0.5, 0.6) is 0 Å². The van der Waals surface area contributed by atoms with Gasteiger partial charge in [-0.2, -0.15) is 0 Å². The maximum absolute atomic E-state index is 12.3. The van der Waals surface area contributed by atoms with E-state index in [1.165, 1.54) is 12.1 Å². The molecule has 0 aliphatic rings. The molecule has 0 saturated heterocycles. The molecule has 1 N–H and O–H groups in total. The smallest absolute Gasteiger partial charge is 0.261 e. The first kappa shape index (κ1) is 15.2. The zero-order valence-electron chi connectivity index (χ0n) is 10.7. The largest absolute Gasteiger partial charge is 0.279 e. The van der Waals surface area contributed by atoms with Crippen molar-refractivity contribution in [2.75, 3.05) is 4.72 Å². The fourth-order valence-corrected chi connectivity index (χ4v) is 3.35. The lowest BCUT2D eigenvalue weighted by Crippen LogP contribution is -2.14. The summed E-state index contributed by atoms with van der Waals surface area (Å²) in [6.45, 7) is 1.79. The highest BCUT2D eigenvalue weighted by Gasteiger charge is 2.17. The number of halogens is 2. The summed E-state index contributed by atoms with van der Waals surface area (Å²) in [7, 11) is -3.68. The Hall–Kier alpha value is -1.23. The monoisotopic (exact) mass is 329 g/mol. The zero-order valence-corrected chi connectivity index (χ0v) is 13.0. The van der Waals surface area contributed by atoms with Crippen molar-refractivity contribution in [1.82, 2.24) is 0 Å². The van der Waals surface area contributed by atoms with Gasteiger partial charge in [0.15, 0.2) is 0 Å². The molecule has 0 aliphatic heterocycles. The summed E-state index contributed by atoms with van der Waals surface area (Å²) >= 11 is 11.9. The van der Waals surface area contributed by atoms with Crippen LogP contribution in [0.2, 0.25) is 5.02 Å². The van der Waals surface area contributed by atoms with Crippen LogP contribution in [0.15, 0.2) is 53.4 Å². The third-order valence-electron chi connectivity index (χ3n) is 2.74. The molecule has 0 heterocycles. The van der Waals surface area contributed by atoms with Gasteiger partial charge >= 0.3 is 0 Å². The van der Waals surface area contributed by atoms with E-state index in [0.717, 1.165) is 5.56 Å². The molecule has 0 saturated carbocycles. The molecule has 3 nitrogen and oxygen atoms in total. The SMILES string of the molecule is CC(Cl)c1ccccc1NS(=O)(=O)c1cccc(Cl)c1. The number of sulfonamides is 1. The Morgan fingerprint density at radius 1 is 1.10 bits per heavy atom. The number of rotatable bonds is 4. The average molecular weight is 330 g/mol. The van der Waals surface area contributed by atoms with E-state index in [-0.39, 0.29) is 10.3 Å². The lowest BCUT2D eigenvalue weighted by molar-refractivity contribution is 0.601. The summed E-state index contributed by atoms with van der Waals surface area (Å²) in [4.78, 5) is 0.113. The highest BCUT2D eigenvalue weighted by atomic mass is 35.5. The molecule has 0 aromatic heterocycles. The number of alkyl halides is 1. The molecule has 0 spiro atoms. The van der Waals surface area contributed by atoms with E-state index in [9.17, 15) is 8.42 Å². The topological polar surface area (TPSA) is 46.2 Å². The molecule has 0 aliphatic carbocycles. The van der Waals surface area contributed by atoms with Crippen LogP contribution in [0.1, 0.15) is 17.9 Å². The minimum atomic E-state index is -3.68. The third kappa shape index (κ3) is 3.45. The second kappa shape index (κ2) is 6.04. The summed E-state index contributed by atoms with van der Waals surface area (Å²) in [6.07, 6.45) is 0. The zero-order chi connectivity index (χ0) is 14.8. The second-order valence-electron chi connectivity index (χ2n) is 4.27. The van der Waals surface area contributed by atoms with E-state index in [0.29, 0.717) is 10.7 Å². The van der Waals surface area contributed by atoms with Gasteiger partial charge in [0, 0.05) is 5.02 Å². The van der Waals surface area contributed by atoms with Crippen LogP contribution < -0.4 is 4.72 Å². The van der Waals surface area contributed by atoms with Crippen LogP contribution in [0.4, 0.5) is 5.69 Å². The van der Waals surface area contributed by atoms with Crippen molar-refractivity contribution in [2.24, 2.45) is 0 Å². The van der Waals surface area contributed by atoms with Crippen molar-refractivity contribution in [3.05, 3.63) is 59.1 Å². The molecule has 0 bridgehead atoms. The molecule has 6 heteroatoms. The molecule has 2 aromatic rings. The lowest BCUT2D eigenvalue weighted by Gasteiger charge is -2.14. The van der Waals surface area contributed by atoms with Gasteiger partial charge in [0.25, 0.3) is 10.0 Å². The van der Waals surface area contributed by atoms with Gasteiger partial charge in [-0.05, 0) is 36.8 Å². The van der Waals surface area contributed by atoms with E-state index >= 15 is 0 Å². The van der Waals surface area contributed by atoms with Gasteiger partial charge in [0.2, 0.25) is 0 Å². The number of hydrogen-bond donors (Lipinski definition) is 1. The highest BCUT2D eigenvalue weighted by molar-refractivity contribution is 7.92. The average Bonchev–Trinajstić information content (AvgIpc) is 2.38. The Morgan fingerprint density at radius 3 is 2.45 bits per heavy atom. The number of para-hydroxylation sites is 1. The molecule has 0 radical (unpaired) electrons. The third-order valence-corrected chi connectivity index (χ3v) is 4.57. The van der Waals surface area contributed by atoms with Crippen LogP contribution in [0.25, 0.3) is 0 Å². The van der Waals surface area contributed by atoms with Gasteiger partial charge in [-0.15, -0.1) is 11.6 Å². The van der Waals surface area contributed by atoms with E-state index < -0.39 is 10.0 Å². The predicted octanol–water partition coefficient (Wildman–Crippen LogP) is 4.44. The molecular weight excluding hydrogens is 317 g/mol. The molecule has 2 aromatic carbocycles. The Labute approximate surface area is 128 Å². The summed E-state index contributed by atoms with van der Waals surface area (Å²) in [6, 6.07) is 13.1. The van der Waals surface area contributed by atoms with Crippen molar-refractivity contribution in [3.63, 3.8) is 0 Å². The van der Waals surface area contributed by atoms with Gasteiger partial charge < -0.3 is 0 Å². The van der Waals surface area contributed by atoms with Crippen LogP contribution in [-0.2, 0) is 10.0 Å². The van der Waals surface area contributed by atoms with Gasteiger partial charge in [-0.1, -0.05) is 35.9 Å². The van der Waals surface area contributed by atoms with Crippen LogP contribution in [-0.4, -0.2) is 8.42 Å². The number of benzene rings is 2. The van der Waals surface area contributed by atoms with Gasteiger partial charge in [-0.25, -0.2) is 8.42 Å². The van der Waals surface area contributed by atoms with Crippen LogP contribution >= 0.6 is 23.2 Å². The fourth-order valence-electron chi connectivity index (χ4n) is 1.77. The van der Waals surface area contributed by atoms with Gasteiger partial charge in [-0.3, -0.25) is 4.72 Å². The number of hydrogen-bond acceptors (Lipinski definition) is 2. The van der Waals surface area contributed by atoms with Crippen molar-refractivity contribution < 1.29 is 8.42 Å². The summed E-state index contributed by atoms with van der Waals surface area (Å²) in [5.41, 5.74) is 1.19. The fraction of sp³-hybridized carbons (Fsp3) is 0.143. The Morgan fingerprint density at radius 2 is 1.80 bits per heavy atom. The van der Waals surface area contributed by atoms with Crippen molar-refractivity contribution in [3.8, 4) is 0 Å². The van der Waals surface area contributed by atoms with Gasteiger partial charge in [0.1, 0.15) is 0 Å². The first-order chi connectivity index (χ1) is 9.40. The predicted molar refractivity (Wildman–Crippen MR) is 83.0 cm³/mol. The molecule has 0 fully saturated rings. The first-order valence-electron chi connectivity index (χ1n) is 5.91. The van der Waals surface area contributed by atoms with Crippen molar-refractivity contribution in [1.29, 1.82) is 0 Å². The molecule has 0 amide bonds. The molecule has 1 unspecified atom stereocenters. The van der Waals surface area contributed by atoms with E-state index in [2.05, 4.69) is 4.72 Å². The highest BCUT2D eigenvalue weighted by Crippen LogP contribution is 2.29. The van der Waals surface area contributed by atoms with Gasteiger partial charge in [0.05, 0.1) is 16.0 Å². The number of nitrogens with one attached hydrogen (secondary N) is 1. The lowest BCUT2D eigenvalue weighted by atomic mass is 10.1. The summed E-state index contributed by atoms with van der Waals surface area (Å²) in [5.74, 6) is 0. The Balaban J connectivity index is 2.39. The maximum atomic E-state index is 12.3. The Kier molecular flexibility index (Phi) is 4.58. The van der Waals surface area contributed by atoms with E-state index in [1.54, 1.807) is 37.3 Å².